The second-order valence-corrected chi connectivity index (χ2v) is 5.19. The molecule has 9 heteroatoms. The predicted octanol–water partition coefficient (Wildman–Crippen LogP) is 3.50. The fraction of sp³-hybridized carbons (Fsp3) is 0.0625. The highest BCUT2D eigenvalue weighted by Gasteiger charge is 2.13. The summed E-state index contributed by atoms with van der Waals surface area (Å²) in [5.74, 6) is -0.272. The van der Waals surface area contributed by atoms with Crippen LogP contribution in [0.1, 0.15) is 5.69 Å². The molecular formula is C16H13N5O4. The fourth-order valence-corrected chi connectivity index (χ4v) is 2.22. The lowest BCUT2D eigenvalue weighted by Gasteiger charge is -1.99. The first kappa shape index (κ1) is 16.1. The summed E-state index contributed by atoms with van der Waals surface area (Å²) in [4.78, 5) is 22.7. The van der Waals surface area contributed by atoms with E-state index >= 15 is 0 Å². The van der Waals surface area contributed by atoms with Gasteiger partial charge in [0, 0.05) is 12.1 Å². The Hall–Kier alpha value is -3.75. The Morgan fingerprint density at radius 1 is 1.16 bits per heavy atom. The number of aromatic hydroxyl groups is 1. The summed E-state index contributed by atoms with van der Waals surface area (Å²) in [5.41, 5.74) is 0.407. The van der Waals surface area contributed by atoms with Crippen molar-refractivity contribution in [2.75, 3.05) is 0 Å². The lowest BCUT2D eigenvalue weighted by atomic mass is 10.2. The number of hydrogen-bond acceptors (Lipinski definition) is 6. The van der Waals surface area contributed by atoms with Crippen molar-refractivity contribution in [3.8, 4) is 11.4 Å². The number of aromatic nitrogens is 2. The molecule has 9 nitrogen and oxygen atoms in total. The molecule has 0 unspecified atom stereocenters. The van der Waals surface area contributed by atoms with E-state index in [1.165, 1.54) is 4.68 Å². The number of nitrogens with zero attached hydrogens (tertiary/aromatic N) is 4. The second kappa shape index (κ2) is 6.40. The number of phenolic OH excluding ortho intramolecular Hbond substituents is 1. The molecule has 3 rings (SSSR count). The molecule has 2 aromatic carbocycles. The van der Waals surface area contributed by atoms with Gasteiger partial charge >= 0.3 is 0 Å². The molecule has 0 atom stereocenters. The molecule has 126 valence electrons. The van der Waals surface area contributed by atoms with Crippen molar-refractivity contribution in [3.05, 3.63) is 74.7 Å². The third-order valence-electron chi connectivity index (χ3n) is 3.48. The SMILES string of the molecule is Cc1[nH]n(-c2ccccc2)c(=O)c1/N=N/c1cc([N+](=O)[O-])ccc1O. The van der Waals surface area contributed by atoms with Crippen molar-refractivity contribution >= 4 is 17.1 Å². The summed E-state index contributed by atoms with van der Waals surface area (Å²) in [5, 5.41) is 31.1. The van der Waals surface area contributed by atoms with E-state index in [-0.39, 0.29) is 22.8 Å². The van der Waals surface area contributed by atoms with Gasteiger partial charge in [-0.15, -0.1) is 10.2 Å². The van der Waals surface area contributed by atoms with Gasteiger partial charge in [0.25, 0.3) is 11.2 Å². The Balaban J connectivity index is 2.01. The van der Waals surface area contributed by atoms with E-state index in [0.717, 1.165) is 18.2 Å². The number of benzene rings is 2. The molecule has 0 aliphatic heterocycles. The third kappa shape index (κ3) is 3.15. The number of H-pyrrole nitrogens is 1. The van der Waals surface area contributed by atoms with Gasteiger partial charge in [-0.3, -0.25) is 20.0 Å². The molecular weight excluding hydrogens is 326 g/mol. The predicted molar refractivity (Wildman–Crippen MR) is 90.1 cm³/mol. The molecule has 0 saturated carbocycles. The Labute approximate surface area is 141 Å². The number of nitro groups is 1. The van der Waals surface area contributed by atoms with Crippen molar-refractivity contribution in [1.29, 1.82) is 0 Å². The van der Waals surface area contributed by atoms with Crippen LogP contribution >= 0.6 is 0 Å². The van der Waals surface area contributed by atoms with Crippen LogP contribution in [0.4, 0.5) is 17.1 Å². The molecule has 0 aliphatic carbocycles. The van der Waals surface area contributed by atoms with Gasteiger partial charge in [-0.05, 0) is 25.1 Å². The smallest absolute Gasteiger partial charge is 0.299 e. The number of para-hydroxylation sites is 1. The molecule has 0 spiro atoms. The molecule has 1 heterocycles. The molecule has 0 radical (unpaired) electrons. The Morgan fingerprint density at radius 3 is 2.56 bits per heavy atom. The summed E-state index contributed by atoms with van der Waals surface area (Å²) in [6.45, 7) is 1.66. The number of phenols is 1. The highest BCUT2D eigenvalue weighted by Crippen LogP contribution is 2.31. The topological polar surface area (TPSA) is 126 Å². The number of rotatable bonds is 4. The summed E-state index contributed by atoms with van der Waals surface area (Å²) in [6, 6.07) is 12.3. The lowest BCUT2D eigenvalue weighted by Crippen LogP contribution is -2.13. The number of aromatic amines is 1. The molecule has 25 heavy (non-hydrogen) atoms. The van der Waals surface area contributed by atoms with Crippen LogP contribution in [0.3, 0.4) is 0 Å². The standard InChI is InChI=1S/C16H13N5O4/c1-10-15(16(23)20(19-10)11-5-3-2-4-6-11)18-17-13-9-12(21(24)25)7-8-14(13)22/h2-9,19,22H,1H3/b18-17+. The van der Waals surface area contributed by atoms with Gasteiger partial charge in [0.05, 0.1) is 16.3 Å². The molecule has 2 N–H and O–H groups in total. The maximum atomic E-state index is 12.5. The van der Waals surface area contributed by atoms with Gasteiger partial charge in [0.2, 0.25) is 0 Å². The van der Waals surface area contributed by atoms with Crippen LogP contribution in [0, 0.1) is 17.0 Å². The molecule has 0 aliphatic rings. The van der Waals surface area contributed by atoms with Gasteiger partial charge in [-0.25, -0.2) is 4.68 Å². The minimum Gasteiger partial charge on any atom is -0.506 e. The first-order chi connectivity index (χ1) is 12.0. The number of azo groups is 1. The van der Waals surface area contributed by atoms with E-state index in [2.05, 4.69) is 15.3 Å². The molecule has 0 fully saturated rings. The average molecular weight is 339 g/mol. The van der Waals surface area contributed by atoms with Gasteiger partial charge in [-0.2, -0.15) is 0 Å². The quantitative estimate of drug-likeness (QED) is 0.428. The van der Waals surface area contributed by atoms with Crippen molar-refractivity contribution in [1.82, 2.24) is 9.78 Å². The van der Waals surface area contributed by atoms with Crippen molar-refractivity contribution in [3.63, 3.8) is 0 Å². The van der Waals surface area contributed by atoms with E-state index in [9.17, 15) is 20.0 Å². The molecule has 0 amide bonds. The first-order valence-corrected chi connectivity index (χ1v) is 7.23. The monoisotopic (exact) mass is 339 g/mol. The summed E-state index contributed by atoms with van der Waals surface area (Å²) < 4.78 is 1.32. The normalized spacial score (nSPS) is 11.1. The molecule has 0 bridgehead atoms. The van der Waals surface area contributed by atoms with Crippen LogP contribution in [0.25, 0.3) is 5.69 Å². The van der Waals surface area contributed by atoms with Crippen molar-refractivity contribution in [2.45, 2.75) is 6.92 Å². The third-order valence-corrected chi connectivity index (χ3v) is 3.48. The van der Waals surface area contributed by atoms with E-state index < -0.39 is 10.5 Å². The second-order valence-electron chi connectivity index (χ2n) is 5.19. The maximum absolute atomic E-state index is 12.5. The van der Waals surface area contributed by atoms with E-state index in [0.29, 0.717) is 11.4 Å². The van der Waals surface area contributed by atoms with Gasteiger partial charge in [-0.1, -0.05) is 18.2 Å². The Morgan fingerprint density at radius 2 is 1.88 bits per heavy atom. The fourth-order valence-electron chi connectivity index (χ4n) is 2.22. The number of aryl methyl sites for hydroxylation is 1. The van der Waals surface area contributed by atoms with Crippen LogP contribution in [0.2, 0.25) is 0 Å². The summed E-state index contributed by atoms with van der Waals surface area (Å²) >= 11 is 0. The van der Waals surface area contributed by atoms with Gasteiger partial charge < -0.3 is 5.11 Å². The zero-order valence-electron chi connectivity index (χ0n) is 13.1. The Kier molecular flexibility index (Phi) is 4.12. The average Bonchev–Trinajstić information content (AvgIpc) is 2.89. The molecule has 0 saturated heterocycles. The van der Waals surface area contributed by atoms with Crippen molar-refractivity contribution in [2.24, 2.45) is 10.2 Å². The largest absolute Gasteiger partial charge is 0.506 e. The Bertz CT molecular complexity index is 1020. The van der Waals surface area contributed by atoms with Gasteiger partial charge in [0.1, 0.15) is 11.4 Å². The van der Waals surface area contributed by atoms with Crippen LogP contribution in [-0.4, -0.2) is 19.8 Å². The van der Waals surface area contributed by atoms with E-state index in [4.69, 9.17) is 0 Å². The highest BCUT2D eigenvalue weighted by molar-refractivity contribution is 5.57. The molecule has 3 aromatic rings. The number of hydrogen-bond donors (Lipinski definition) is 2. The zero-order valence-corrected chi connectivity index (χ0v) is 13.1. The van der Waals surface area contributed by atoms with Gasteiger partial charge in [0.15, 0.2) is 5.69 Å². The van der Waals surface area contributed by atoms with Crippen molar-refractivity contribution < 1.29 is 10.0 Å². The number of nitrogens with one attached hydrogen (secondary N) is 1. The number of non-ortho nitro benzene ring substituents is 1. The minimum absolute atomic E-state index is 0.0507. The number of nitro benzene ring substituents is 1. The van der Waals surface area contributed by atoms with Crippen LogP contribution in [0.5, 0.6) is 5.75 Å². The lowest BCUT2D eigenvalue weighted by molar-refractivity contribution is -0.384. The minimum atomic E-state index is -0.609. The summed E-state index contributed by atoms with van der Waals surface area (Å²) in [7, 11) is 0. The maximum Gasteiger partial charge on any atom is 0.299 e. The van der Waals surface area contributed by atoms with E-state index in [1.807, 2.05) is 6.07 Å². The van der Waals surface area contributed by atoms with Crippen LogP contribution in [0.15, 0.2) is 63.6 Å². The van der Waals surface area contributed by atoms with E-state index in [1.54, 1.807) is 31.2 Å². The first-order valence-electron chi connectivity index (χ1n) is 7.23. The zero-order chi connectivity index (χ0) is 18.0. The summed E-state index contributed by atoms with van der Waals surface area (Å²) in [6.07, 6.45) is 0. The van der Waals surface area contributed by atoms with Crippen LogP contribution < -0.4 is 5.56 Å². The molecule has 1 aromatic heterocycles. The van der Waals surface area contributed by atoms with Crippen LogP contribution in [-0.2, 0) is 0 Å². The highest BCUT2D eigenvalue weighted by atomic mass is 16.6.